The number of thioether (sulfide) groups is 1. The van der Waals surface area contributed by atoms with Crippen LogP contribution in [-0.2, 0) is 11.8 Å². The molecule has 0 radical (unpaired) electrons. The average Bonchev–Trinajstić information content (AvgIpc) is 3.24. The molecule has 1 atom stereocenters. The van der Waals surface area contributed by atoms with Crippen LogP contribution in [0.1, 0.15) is 11.9 Å². The molecule has 0 aliphatic carbocycles. The van der Waals surface area contributed by atoms with Crippen molar-refractivity contribution >= 4 is 23.4 Å². The van der Waals surface area contributed by atoms with Gasteiger partial charge in [0.25, 0.3) is 0 Å². The fourth-order valence-corrected chi connectivity index (χ4v) is 4.19. The summed E-state index contributed by atoms with van der Waals surface area (Å²) in [4.78, 5) is 12.7. The molecule has 8 nitrogen and oxygen atoms in total. The number of anilines is 1. The number of aromatic nitrogens is 3. The van der Waals surface area contributed by atoms with E-state index in [0.717, 1.165) is 0 Å². The number of hydrogen-bond acceptors (Lipinski definition) is 7. The number of para-hydroxylation sites is 5. The van der Waals surface area contributed by atoms with Crippen LogP contribution in [0, 0.1) is 0 Å². The third-order valence-corrected chi connectivity index (χ3v) is 6.15. The molecule has 1 aliphatic heterocycles. The van der Waals surface area contributed by atoms with Crippen molar-refractivity contribution in [1.29, 1.82) is 0 Å². The van der Waals surface area contributed by atoms with Crippen molar-refractivity contribution < 1.29 is 19.0 Å². The van der Waals surface area contributed by atoms with E-state index in [1.165, 1.54) is 11.8 Å². The number of carbonyl (C=O) groups is 1. The Morgan fingerprint density at radius 1 is 1.03 bits per heavy atom. The molecular formula is C25H22N4O4S. The lowest BCUT2D eigenvalue weighted by Gasteiger charge is -2.25. The Morgan fingerprint density at radius 3 is 2.62 bits per heavy atom. The summed E-state index contributed by atoms with van der Waals surface area (Å²) in [6, 6.07) is 24.3. The zero-order valence-electron chi connectivity index (χ0n) is 18.4. The van der Waals surface area contributed by atoms with Gasteiger partial charge in [-0.1, -0.05) is 54.2 Å². The highest BCUT2D eigenvalue weighted by Gasteiger charge is 2.27. The van der Waals surface area contributed by atoms with Crippen LogP contribution in [0.5, 0.6) is 23.0 Å². The summed E-state index contributed by atoms with van der Waals surface area (Å²) < 4.78 is 19.6. The topological polar surface area (TPSA) is 87.5 Å². The zero-order chi connectivity index (χ0) is 23.3. The molecule has 1 N–H and O–H groups in total. The van der Waals surface area contributed by atoms with Gasteiger partial charge in [0.1, 0.15) is 12.4 Å². The van der Waals surface area contributed by atoms with Gasteiger partial charge in [0.15, 0.2) is 34.3 Å². The Labute approximate surface area is 200 Å². The van der Waals surface area contributed by atoms with Crippen molar-refractivity contribution in [2.45, 2.75) is 11.3 Å². The monoisotopic (exact) mass is 474 g/mol. The Kier molecular flexibility index (Phi) is 6.35. The smallest absolute Gasteiger partial charge is 0.234 e. The van der Waals surface area contributed by atoms with Crippen molar-refractivity contribution in [3.05, 3.63) is 84.7 Å². The van der Waals surface area contributed by atoms with Gasteiger partial charge in [0.2, 0.25) is 5.91 Å². The summed E-state index contributed by atoms with van der Waals surface area (Å²) in [5, 5.41) is 12.0. The summed E-state index contributed by atoms with van der Waals surface area (Å²) >= 11 is 1.29. The second kappa shape index (κ2) is 9.88. The Hall–Kier alpha value is -3.98. The molecule has 0 saturated heterocycles. The lowest BCUT2D eigenvalue weighted by Crippen LogP contribution is -2.24. The predicted molar refractivity (Wildman–Crippen MR) is 129 cm³/mol. The molecule has 0 fully saturated rings. The van der Waals surface area contributed by atoms with Crippen LogP contribution in [-0.4, -0.2) is 33.0 Å². The Morgan fingerprint density at radius 2 is 1.76 bits per heavy atom. The zero-order valence-corrected chi connectivity index (χ0v) is 19.2. The molecule has 5 rings (SSSR count). The van der Waals surface area contributed by atoms with E-state index in [1.54, 1.807) is 6.07 Å². The van der Waals surface area contributed by atoms with Crippen LogP contribution in [0.2, 0.25) is 0 Å². The number of benzene rings is 3. The highest BCUT2D eigenvalue weighted by atomic mass is 32.2. The van der Waals surface area contributed by atoms with E-state index in [4.69, 9.17) is 14.2 Å². The second-order valence-corrected chi connectivity index (χ2v) is 8.45. The fraction of sp³-hybridized carbons (Fsp3) is 0.160. The number of hydrogen-bond donors (Lipinski definition) is 1. The number of rotatable bonds is 7. The molecule has 1 unspecified atom stereocenters. The lowest BCUT2D eigenvalue weighted by molar-refractivity contribution is -0.113. The molecule has 1 aromatic heterocycles. The minimum Gasteiger partial charge on any atom is -0.485 e. The van der Waals surface area contributed by atoms with Crippen molar-refractivity contribution in [3.63, 3.8) is 0 Å². The van der Waals surface area contributed by atoms with E-state index in [9.17, 15) is 4.79 Å². The SMILES string of the molecule is Cn1c(SCC(=O)Nc2ccccc2Oc2ccccc2)nnc1C1COc2ccccc2O1. The van der Waals surface area contributed by atoms with Crippen molar-refractivity contribution in [1.82, 2.24) is 14.8 Å². The number of ether oxygens (including phenoxy) is 3. The van der Waals surface area contributed by atoms with Gasteiger partial charge in [0, 0.05) is 7.05 Å². The van der Waals surface area contributed by atoms with Crippen LogP contribution < -0.4 is 19.5 Å². The molecule has 172 valence electrons. The highest BCUT2D eigenvalue weighted by molar-refractivity contribution is 7.99. The minimum absolute atomic E-state index is 0.163. The quantitative estimate of drug-likeness (QED) is 0.383. The molecule has 3 aromatic carbocycles. The molecule has 0 bridgehead atoms. The van der Waals surface area contributed by atoms with E-state index in [0.29, 0.717) is 46.3 Å². The Balaban J connectivity index is 1.21. The summed E-state index contributed by atoms with van der Waals surface area (Å²) in [5.74, 6) is 3.28. The first-order chi connectivity index (χ1) is 16.7. The van der Waals surface area contributed by atoms with Crippen molar-refractivity contribution in [2.75, 3.05) is 17.7 Å². The summed E-state index contributed by atoms with van der Waals surface area (Å²) in [6.07, 6.45) is -0.377. The first-order valence-corrected chi connectivity index (χ1v) is 11.7. The van der Waals surface area contributed by atoms with Crippen LogP contribution in [0.25, 0.3) is 0 Å². The average molecular weight is 475 g/mol. The highest BCUT2D eigenvalue weighted by Crippen LogP contribution is 2.36. The molecule has 1 amide bonds. The normalized spacial score (nSPS) is 14.4. The lowest BCUT2D eigenvalue weighted by atomic mass is 10.2. The number of fused-ring (bicyclic) bond motifs is 1. The molecule has 9 heteroatoms. The summed E-state index contributed by atoms with van der Waals surface area (Å²) in [6.45, 7) is 0.340. The third-order valence-electron chi connectivity index (χ3n) is 5.13. The fourth-order valence-electron chi connectivity index (χ4n) is 3.47. The summed E-state index contributed by atoms with van der Waals surface area (Å²) in [5.41, 5.74) is 0.599. The van der Waals surface area contributed by atoms with E-state index >= 15 is 0 Å². The first kappa shape index (κ1) is 21.8. The number of nitrogens with one attached hydrogen (secondary N) is 1. The van der Waals surface area contributed by atoms with Gasteiger partial charge in [-0.05, 0) is 36.4 Å². The number of amides is 1. The second-order valence-electron chi connectivity index (χ2n) is 7.51. The predicted octanol–water partition coefficient (Wildman–Crippen LogP) is 4.85. The molecule has 0 saturated carbocycles. The maximum Gasteiger partial charge on any atom is 0.234 e. The van der Waals surface area contributed by atoms with Crippen molar-refractivity contribution in [3.8, 4) is 23.0 Å². The van der Waals surface area contributed by atoms with Crippen LogP contribution in [0.3, 0.4) is 0 Å². The van der Waals surface area contributed by atoms with Gasteiger partial charge in [-0.2, -0.15) is 0 Å². The van der Waals surface area contributed by atoms with E-state index in [2.05, 4.69) is 15.5 Å². The third kappa shape index (κ3) is 4.84. The van der Waals surface area contributed by atoms with Gasteiger partial charge in [-0.15, -0.1) is 10.2 Å². The standard InChI is InChI=1S/C25H22N4O4S/c1-29-24(22-15-31-20-13-7-8-14-21(20)33-22)27-28-25(29)34-16-23(30)26-18-11-5-6-12-19(18)32-17-9-3-2-4-10-17/h2-14,22H,15-16H2,1H3,(H,26,30). The van der Waals surface area contributed by atoms with E-state index in [-0.39, 0.29) is 17.8 Å². The van der Waals surface area contributed by atoms with Crippen molar-refractivity contribution in [2.24, 2.45) is 7.05 Å². The van der Waals surface area contributed by atoms with Gasteiger partial charge in [0.05, 0.1) is 11.4 Å². The van der Waals surface area contributed by atoms with E-state index in [1.807, 2.05) is 84.4 Å². The first-order valence-electron chi connectivity index (χ1n) is 10.7. The minimum atomic E-state index is -0.377. The van der Waals surface area contributed by atoms with Crippen LogP contribution >= 0.6 is 11.8 Å². The summed E-state index contributed by atoms with van der Waals surface area (Å²) in [7, 11) is 1.85. The molecule has 0 spiro atoms. The van der Waals surface area contributed by atoms with Crippen LogP contribution in [0.4, 0.5) is 5.69 Å². The van der Waals surface area contributed by atoms with Crippen LogP contribution in [0.15, 0.2) is 84.0 Å². The molecular weight excluding hydrogens is 452 g/mol. The maximum absolute atomic E-state index is 12.7. The van der Waals surface area contributed by atoms with E-state index < -0.39 is 0 Å². The number of carbonyl (C=O) groups excluding carboxylic acids is 1. The molecule has 1 aliphatic rings. The molecule has 4 aromatic rings. The molecule has 34 heavy (non-hydrogen) atoms. The Bertz CT molecular complexity index is 1300. The van der Waals surface area contributed by atoms with Gasteiger partial charge in [-0.3, -0.25) is 4.79 Å². The maximum atomic E-state index is 12.7. The van der Waals surface area contributed by atoms with Gasteiger partial charge in [-0.25, -0.2) is 0 Å². The van der Waals surface area contributed by atoms with Gasteiger partial charge < -0.3 is 24.1 Å². The largest absolute Gasteiger partial charge is 0.485 e. The van der Waals surface area contributed by atoms with Gasteiger partial charge >= 0.3 is 0 Å². The number of nitrogens with zero attached hydrogens (tertiary/aromatic N) is 3. The molecule has 2 heterocycles.